The normalized spacial score (nSPS) is 18.4. The lowest BCUT2D eigenvalue weighted by molar-refractivity contribution is -0.118. The van der Waals surface area contributed by atoms with Crippen molar-refractivity contribution >= 4 is 28.9 Å². The van der Waals surface area contributed by atoms with Crippen molar-refractivity contribution in [1.29, 1.82) is 0 Å². The fourth-order valence-corrected chi connectivity index (χ4v) is 3.61. The van der Waals surface area contributed by atoms with Crippen molar-refractivity contribution in [3.05, 3.63) is 42.1 Å². The van der Waals surface area contributed by atoms with Gasteiger partial charge in [-0.05, 0) is 56.2 Å². The average Bonchev–Trinajstić information content (AvgIpc) is 3.25. The molecule has 28 heavy (non-hydrogen) atoms. The Morgan fingerprint density at radius 3 is 2.68 bits per heavy atom. The molecule has 1 amide bonds. The van der Waals surface area contributed by atoms with Crippen LogP contribution < -0.4 is 20.3 Å². The van der Waals surface area contributed by atoms with E-state index in [0.29, 0.717) is 23.7 Å². The van der Waals surface area contributed by atoms with Crippen LogP contribution in [-0.4, -0.2) is 42.9 Å². The van der Waals surface area contributed by atoms with E-state index in [1.165, 1.54) is 0 Å². The lowest BCUT2D eigenvalue weighted by Gasteiger charge is -2.25. The van der Waals surface area contributed by atoms with Crippen molar-refractivity contribution in [2.75, 3.05) is 41.8 Å². The predicted octanol–water partition coefficient (Wildman–Crippen LogP) is 2.94. The monoisotopic (exact) mass is 380 g/mol. The van der Waals surface area contributed by atoms with Crippen molar-refractivity contribution in [1.82, 2.24) is 4.98 Å². The summed E-state index contributed by atoms with van der Waals surface area (Å²) in [4.78, 5) is 32.4. The van der Waals surface area contributed by atoms with E-state index in [4.69, 9.17) is 4.74 Å². The zero-order chi connectivity index (χ0) is 19.5. The van der Waals surface area contributed by atoms with Gasteiger partial charge in [-0.25, -0.2) is 4.98 Å². The number of fused-ring (bicyclic) bond motifs is 1. The molecule has 1 saturated heterocycles. The molecule has 0 spiro atoms. The zero-order valence-electron chi connectivity index (χ0n) is 15.9. The fraction of sp³-hybridized carbons (Fsp3) is 0.381. The zero-order valence-corrected chi connectivity index (χ0v) is 15.9. The van der Waals surface area contributed by atoms with Crippen LogP contribution in [0.25, 0.3) is 0 Å². The van der Waals surface area contributed by atoms with Crippen molar-refractivity contribution in [2.45, 2.75) is 19.8 Å². The summed E-state index contributed by atoms with van der Waals surface area (Å²) in [7, 11) is 0. The number of ether oxygens (including phenoxy) is 1. The number of rotatable bonds is 5. The number of Topliss-reactive ketones (excluding diaryl/α,β-unsaturated/α-hetero) is 1. The topological polar surface area (TPSA) is 83.6 Å². The van der Waals surface area contributed by atoms with Gasteiger partial charge < -0.3 is 20.3 Å². The third-order valence-corrected chi connectivity index (χ3v) is 5.11. The van der Waals surface area contributed by atoms with E-state index in [9.17, 15) is 9.59 Å². The first-order valence-corrected chi connectivity index (χ1v) is 9.73. The number of nitrogens with zero attached hydrogens (tertiary/aromatic N) is 2. The number of pyridine rings is 1. The minimum Gasteiger partial charge on any atom is -0.494 e. The SMILES string of the molecule is CCOc1ccc(NC(=O)C2CNc3ccc(N4CCCC4)nc3C2=O)cc1. The summed E-state index contributed by atoms with van der Waals surface area (Å²) in [5, 5.41) is 5.99. The van der Waals surface area contributed by atoms with Crippen LogP contribution in [0.2, 0.25) is 0 Å². The fourth-order valence-electron chi connectivity index (χ4n) is 3.61. The molecule has 0 radical (unpaired) electrons. The van der Waals surface area contributed by atoms with Gasteiger partial charge in [0.2, 0.25) is 5.91 Å². The van der Waals surface area contributed by atoms with Gasteiger partial charge in [-0.15, -0.1) is 0 Å². The minimum atomic E-state index is -0.805. The second kappa shape index (κ2) is 7.88. The van der Waals surface area contributed by atoms with Crippen LogP contribution in [0.3, 0.4) is 0 Å². The van der Waals surface area contributed by atoms with Crippen molar-refractivity contribution in [2.24, 2.45) is 5.92 Å². The Bertz CT molecular complexity index is 876. The van der Waals surface area contributed by atoms with E-state index in [1.807, 2.05) is 19.1 Å². The molecule has 2 aliphatic rings. The first kappa shape index (κ1) is 18.3. The second-order valence-corrected chi connectivity index (χ2v) is 7.00. The molecule has 2 aromatic rings. The summed E-state index contributed by atoms with van der Waals surface area (Å²) in [6.45, 7) is 4.67. The minimum absolute atomic E-state index is 0.238. The molecule has 7 heteroatoms. The van der Waals surface area contributed by atoms with E-state index < -0.39 is 5.92 Å². The highest BCUT2D eigenvalue weighted by Gasteiger charge is 2.34. The van der Waals surface area contributed by atoms with Gasteiger partial charge in [-0.1, -0.05) is 0 Å². The largest absolute Gasteiger partial charge is 0.494 e. The lowest BCUT2D eigenvalue weighted by Crippen LogP contribution is -2.39. The predicted molar refractivity (Wildman–Crippen MR) is 108 cm³/mol. The van der Waals surface area contributed by atoms with Gasteiger partial charge in [-0.2, -0.15) is 0 Å². The third kappa shape index (κ3) is 3.65. The number of ketones is 1. The summed E-state index contributed by atoms with van der Waals surface area (Å²) in [5.74, 6) is 0.168. The van der Waals surface area contributed by atoms with E-state index >= 15 is 0 Å². The molecular weight excluding hydrogens is 356 g/mol. The van der Waals surface area contributed by atoms with Gasteiger partial charge in [0.15, 0.2) is 5.78 Å². The molecule has 4 rings (SSSR count). The second-order valence-electron chi connectivity index (χ2n) is 7.00. The number of aromatic nitrogens is 1. The number of carbonyl (C=O) groups is 2. The molecule has 1 fully saturated rings. The Kier molecular flexibility index (Phi) is 5.14. The van der Waals surface area contributed by atoms with E-state index in [2.05, 4.69) is 20.5 Å². The summed E-state index contributed by atoms with van der Waals surface area (Å²) in [6.07, 6.45) is 2.27. The highest BCUT2D eigenvalue weighted by molar-refractivity contribution is 6.16. The van der Waals surface area contributed by atoms with Crippen LogP contribution in [0, 0.1) is 5.92 Å². The van der Waals surface area contributed by atoms with Crippen molar-refractivity contribution in [3.63, 3.8) is 0 Å². The van der Waals surface area contributed by atoms with Gasteiger partial charge in [0.25, 0.3) is 0 Å². The molecule has 0 saturated carbocycles. The molecule has 1 aromatic carbocycles. The molecule has 2 N–H and O–H groups in total. The van der Waals surface area contributed by atoms with Crippen LogP contribution in [0.5, 0.6) is 5.75 Å². The number of nitrogens with one attached hydrogen (secondary N) is 2. The average molecular weight is 380 g/mol. The van der Waals surface area contributed by atoms with E-state index in [0.717, 1.165) is 37.5 Å². The van der Waals surface area contributed by atoms with Crippen molar-refractivity contribution in [3.8, 4) is 5.75 Å². The number of amides is 1. The molecule has 7 nitrogen and oxygen atoms in total. The molecule has 1 unspecified atom stereocenters. The smallest absolute Gasteiger partial charge is 0.237 e. The molecule has 0 bridgehead atoms. The summed E-state index contributed by atoms with van der Waals surface area (Å²) in [6, 6.07) is 10.9. The van der Waals surface area contributed by atoms with Crippen LogP contribution in [0.1, 0.15) is 30.3 Å². The summed E-state index contributed by atoms with van der Waals surface area (Å²) < 4.78 is 5.40. The first-order valence-electron chi connectivity index (χ1n) is 9.73. The standard InChI is InChI=1S/C21H24N4O3/c1-2-28-15-7-5-14(6-8-15)23-21(27)16-13-22-17-9-10-18(24-19(17)20(16)26)25-11-3-4-12-25/h5-10,16,22H,2-4,11-13H2,1H3,(H,23,27). The van der Waals surface area contributed by atoms with Gasteiger partial charge in [0.05, 0.1) is 12.3 Å². The molecule has 1 atom stereocenters. The lowest BCUT2D eigenvalue weighted by atomic mass is 9.95. The van der Waals surface area contributed by atoms with Crippen LogP contribution in [0.15, 0.2) is 36.4 Å². The molecule has 2 aliphatic heterocycles. The van der Waals surface area contributed by atoms with Gasteiger partial charge in [0, 0.05) is 25.3 Å². The maximum absolute atomic E-state index is 13.0. The maximum atomic E-state index is 13.0. The van der Waals surface area contributed by atoms with E-state index in [-0.39, 0.29) is 18.2 Å². The van der Waals surface area contributed by atoms with Gasteiger partial charge >= 0.3 is 0 Å². The number of hydrogen-bond acceptors (Lipinski definition) is 6. The van der Waals surface area contributed by atoms with Gasteiger partial charge in [-0.3, -0.25) is 9.59 Å². The van der Waals surface area contributed by atoms with Crippen molar-refractivity contribution < 1.29 is 14.3 Å². The highest BCUT2D eigenvalue weighted by atomic mass is 16.5. The Labute approximate surface area is 164 Å². The first-order chi connectivity index (χ1) is 13.7. The van der Waals surface area contributed by atoms with E-state index in [1.54, 1.807) is 24.3 Å². The summed E-state index contributed by atoms with van der Waals surface area (Å²) >= 11 is 0. The number of carbonyl (C=O) groups excluding carboxylic acids is 2. The Hall–Kier alpha value is -3.09. The Morgan fingerprint density at radius 1 is 1.21 bits per heavy atom. The summed E-state index contributed by atoms with van der Waals surface area (Å²) in [5.41, 5.74) is 1.67. The number of benzene rings is 1. The quantitative estimate of drug-likeness (QED) is 0.776. The molecular formula is C21H24N4O3. The number of anilines is 3. The number of hydrogen-bond donors (Lipinski definition) is 2. The molecule has 0 aliphatic carbocycles. The highest BCUT2D eigenvalue weighted by Crippen LogP contribution is 2.28. The molecule has 3 heterocycles. The third-order valence-electron chi connectivity index (χ3n) is 5.11. The molecule has 146 valence electrons. The van der Waals surface area contributed by atoms with Crippen LogP contribution in [-0.2, 0) is 4.79 Å². The Balaban J connectivity index is 1.48. The maximum Gasteiger partial charge on any atom is 0.237 e. The van der Waals surface area contributed by atoms with Crippen LogP contribution in [0.4, 0.5) is 17.2 Å². The Morgan fingerprint density at radius 2 is 1.96 bits per heavy atom. The van der Waals surface area contributed by atoms with Crippen LogP contribution >= 0.6 is 0 Å². The van der Waals surface area contributed by atoms with Gasteiger partial charge in [0.1, 0.15) is 23.2 Å². The molecule has 1 aromatic heterocycles.